The molecule has 0 aliphatic carbocycles. The van der Waals surface area contributed by atoms with Gasteiger partial charge in [0.1, 0.15) is 19.3 Å². The Morgan fingerprint density at radius 1 is 0.283 bits per heavy atom. The van der Waals surface area contributed by atoms with Crippen molar-refractivity contribution in [1.29, 1.82) is 0 Å². The highest BCUT2D eigenvalue weighted by Crippen LogP contribution is 2.45. The van der Waals surface area contributed by atoms with Crippen LogP contribution in [-0.4, -0.2) is 96.7 Å². The van der Waals surface area contributed by atoms with Crippen molar-refractivity contribution in [2.75, 3.05) is 39.6 Å². The molecular formula is C80H156O17P2. The molecule has 0 aromatic carbocycles. The van der Waals surface area contributed by atoms with Gasteiger partial charge in [-0.1, -0.05) is 357 Å². The molecule has 0 aromatic heterocycles. The van der Waals surface area contributed by atoms with E-state index in [2.05, 4.69) is 55.4 Å². The van der Waals surface area contributed by atoms with Crippen LogP contribution in [0.25, 0.3) is 0 Å². The normalized spacial score (nSPS) is 14.3. The second kappa shape index (κ2) is 69.1. The van der Waals surface area contributed by atoms with Crippen LogP contribution in [0.15, 0.2) is 0 Å². The third-order valence-corrected chi connectivity index (χ3v) is 20.8. The Morgan fingerprint density at radius 2 is 0.485 bits per heavy atom. The van der Waals surface area contributed by atoms with E-state index in [-0.39, 0.29) is 25.7 Å². The van der Waals surface area contributed by atoms with Crippen molar-refractivity contribution in [3.05, 3.63) is 0 Å². The Balaban J connectivity index is 5.28. The third-order valence-electron chi connectivity index (χ3n) is 18.9. The predicted molar refractivity (Wildman–Crippen MR) is 404 cm³/mol. The molecule has 99 heavy (non-hydrogen) atoms. The van der Waals surface area contributed by atoms with Crippen LogP contribution in [0.1, 0.15) is 409 Å². The van der Waals surface area contributed by atoms with Crippen LogP contribution in [0.4, 0.5) is 0 Å². The number of rotatable bonds is 77. The van der Waals surface area contributed by atoms with Gasteiger partial charge in [0, 0.05) is 25.7 Å². The number of aliphatic hydroxyl groups excluding tert-OH is 1. The minimum atomic E-state index is -4.96. The van der Waals surface area contributed by atoms with Crippen LogP contribution in [0.2, 0.25) is 0 Å². The largest absolute Gasteiger partial charge is 0.472 e. The molecular weight excluding hydrogens is 1290 g/mol. The molecule has 0 aromatic rings. The second-order valence-corrected chi connectivity index (χ2v) is 33.4. The highest BCUT2D eigenvalue weighted by molar-refractivity contribution is 7.47. The fraction of sp³-hybridized carbons (Fsp3) is 0.950. The zero-order valence-corrected chi connectivity index (χ0v) is 66.9. The summed E-state index contributed by atoms with van der Waals surface area (Å²) in [7, 11) is -9.92. The summed E-state index contributed by atoms with van der Waals surface area (Å²) in [6.07, 6.45) is 55.3. The zero-order valence-electron chi connectivity index (χ0n) is 65.1. The van der Waals surface area contributed by atoms with E-state index in [4.69, 9.17) is 37.0 Å². The van der Waals surface area contributed by atoms with Gasteiger partial charge < -0.3 is 33.8 Å². The van der Waals surface area contributed by atoms with Crippen molar-refractivity contribution in [3.8, 4) is 0 Å². The molecule has 17 nitrogen and oxygen atoms in total. The summed E-state index contributed by atoms with van der Waals surface area (Å²) in [5.41, 5.74) is 0. The molecule has 588 valence electrons. The maximum absolute atomic E-state index is 13.1. The minimum absolute atomic E-state index is 0.106. The first-order valence-corrected chi connectivity index (χ1v) is 44.2. The number of phosphoric acid groups is 2. The molecule has 6 atom stereocenters. The van der Waals surface area contributed by atoms with Crippen LogP contribution in [-0.2, 0) is 65.4 Å². The first kappa shape index (κ1) is 97.1. The fourth-order valence-corrected chi connectivity index (χ4v) is 13.8. The third kappa shape index (κ3) is 72.8. The summed E-state index contributed by atoms with van der Waals surface area (Å²) < 4.78 is 68.7. The number of ether oxygens (including phenoxy) is 4. The van der Waals surface area contributed by atoms with Crippen molar-refractivity contribution in [3.63, 3.8) is 0 Å². The van der Waals surface area contributed by atoms with Crippen molar-refractivity contribution in [2.45, 2.75) is 427 Å². The number of hydrogen-bond acceptors (Lipinski definition) is 15. The smallest absolute Gasteiger partial charge is 0.462 e. The molecule has 0 amide bonds. The van der Waals surface area contributed by atoms with Crippen LogP contribution < -0.4 is 0 Å². The number of carbonyl (C=O) groups is 4. The summed E-state index contributed by atoms with van der Waals surface area (Å²) in [5.74, 6) is 1.02. The Kier molecular flexibility index (Phi) is 67.8. The maximum Gasteiger partial charge on any atom is 0.472 e. The molecule has 0 saturated carbocycles. The number of esters is 4. The monoisotopic (exact) mass is 1450 g/mol. The van der Waals surface area contributed by atoms with E-state index in [0.29, 0.717) is 25.7 Å². The molecule has 0 fully saturated rings. The molecule has 19 heteroatoms. The lowest BCUT2D eigenvalue weighted by atomic mass is 9.99. The fourth-order valence-electron chi connectivity index (χ4n) is 12.2. The molecule has 0 aliphatic heterocycles. The number of phosphoric ester groups is 2. The molecule has 0 spiro atoms. The molecule has 0 radical (unpaired) electrons. The Morgan fingerprint density at radius 3 is 0.717 bits per heavy atom. The van der Waals surface area contributed by atoms with E-state index < -0.39 is 97.5 Å². The van der Waals surface area contributed by atoms with E-state index in [9.17, 15) is 43.2 Å². The van der Waals surface area contributed by atoms with Crippen molar-refractivity contribution in [2.24, 2.45) is 23.7 Å². The van der Waals surface area contributed by atoms with E-state index >= 15 is 0 Å². The molecule has 0 heterocycles. The van der Waals surface area contributed by atoms with Crippen molar-refractivity contribution >= 4 is 39.5 Å². The van der Waals surface area contributed by atoms with Crippen molar-refractivity contribution < 1.29 is 80.2 Å². The van der Waals surface area contributed by atoms with Gasteiger partial charge in [-0.25, -0.2) is 9.13 Å². The first-order chi connectivity index (χ1) is 47.6. The molecule has 3 unspecified atom stereocenters. The SMILES string of the molecule is CCC(C)CCCCCCCCCCCCC(=O)O[C@H](COC(=O)CCCCCCCCCCCCC(C)C)COP(=O)(O)OC[C@H](O)COP(=O)(O)OC[C@@H](COC(=O)CCCCCCCCCCCCCC(C)C)OC(=O)CCCCCCCCCCCCCCCCCC(C)C. The van der Waals surface area contributed by atoms with Gasteiger partial charge in [-0.3, -0.25) is 37.3 Å². The van der Waals surface area contributed by atoms with Gasteiger partial charge in [-0.15, -0.1) is 0 Å². The van der Waals surface area contributed by atoms with Crippen LogP contribution >= 0.6 is 15.6 Å². The van der Waals surface area contributed by atoms with E-state index in [1.807, 2.05) is 0 Å². The molecule has 0 rings (SSSR count). The highest BCUT2D eigenvalue weighted by atomic mass is 31.2. The Labute approximate surface area is 607 Å². The summed E-state index contributed by atoms with van der Waals surface area (Å²) in [6, 6.07) is 0. The van der Waals surface area contributed by atoms with Gasteiger partial charge in [-0.05, 0) is 49.4 Å². The quantitative estimate of drug-likeness (QED) is 0.0222. The number of aliphatic hydroxyl groups is 1. The molecule has 0 saturated heterocycles. The van der Waals surface area contributed by atoms with Crippen LogP contribution in [0, 0.1) is 23.7 Å². The van der Waals surface area contributed by atoms with Gasteiger partial charge in [-0.2, -0.15) is 0 Å². The standard InChI is InChI=1S/C80H156O17P2/c1-9-73(8)59-51-43-35-27-21-23-31-39-47-55-63-80(85)97-76(67-91-78(83)61-53-45-37-29-22-20-26-34-42-50-58-72(6)7)69-95-99(88,89)93-65-74(81)64-92-98(86,87)94-68-75(66-90-77(82)60-52-44-36-28-19-15-17-25-33-41-49-57-71(4)5)96-79(84)62-54-46-38-30-18-14-12-10-11-13-16-24-32-40-48-56-70(2)3/h70-76,81H,9-69H2,1-8H3,(H,86,87)(H,88,89)/t73?,74-,75-,76-/m1/s1. The molecule has 0 aliphatic rings. The van der Waals surface area contributed by atoms with Gasteiger partial charge in [0.15, 0.2) is 12.2 Å². The predicted octanol–water partition coefficient (Wildman–Crippen LogP) is 23.6. The maximum atomic E-state index is 13.1. The summed E-state index contributed by atoms with van der Waals surface area (Å²) in [4.78, 5) is 73.0. The topological polar surface area (TPSA) is 237 Å². The number of carbonyl (C=O) groups excluding carboxylic acids is 4. The lowest BCUT2D eigenvalue weighted by molar-refractivity contribution is -0.161. The summed E-state index contributed by atoms with van der Waals surface area (Å²) in [5, 5.41) is 10.6. The highest BCUT2D eigenvalue weighted by Gasteiger charge is 2.30. The summed E-state index contributed by atoms with van der Waals surface area (Å²) >= 11 is 0. The van der Waals surface area contributed by atoms with Gasteiger partial charge in [0.2, 0.25) is 0 Å². The molecule has 0 bridgehead atoms. The van der Waals surface area contributed by atoms with Crippen LogP contribution in [0.3, 0.4) is 0 Å². The van der Waals surface area contributed by atoms with E-state index in [1.165, 1.54) is 212 Å². The van der Waals surface area contributed by atoms with Gasteiger partial charge in [0.05, 0.1) is 26.4 Å². The van der Waals surface area contributed by atoms with Crippen LogP contribution in [0.5, 0.6) is 0 Å². The van der Waals surface area contributed by atoms with Gasteiger partial charge in [0.25, 0.3) is 0 Å². The lowest BCUT2D eigenvalue weighted by Crippen LogP contribution is -2.30. The minimum Gasteiger partial charge on any atom is -0.462 e. The lowest BCUT2D eigenvalue weighted by Gasteiger charge is -2.21. The average Bonchev–Trinajstić information content (AvgIpc) is 0.982. The first-order valence-electron chi connectivity index (χ1n) is 41.2. The second-order valence-electron chi connectivity index (χ2n) is 30.5. The zero-order chi connectivity index (χ0) is 73.1. The van der Waals surface area contributed by atoms with E-state index in [1.54, 1.807) is 0 Å². The van der Waals surface area contributed by atoms with Gasteiger partial charge >= 0.3 is 39.5 Å². The molecule has 3 N–H and O–H groups in total. The Bertz CT molecular complexity index is 1940. The van der Waals surface area contributed by atoms with E-state index in [0.717, 1.165) is 114 Å². The average molecular weight is 1450 g/mol. The Hall–Kier alpha value is -1.94. The number of unbranched alkanes of at least 4 members (excludes halogenated alkanes) is 42. The number of hydrogen-bond donors (Lipinski definition) is 3. The van der Waals surface area contributed by atoms with Crippen molar-refractivity contribution in [1.82, 2.24) is 0 Å². The summed E-state index contributed by atoms with van der Waals surface area (Å²) in [6.45, 7) is 14.3.